The van der Waals surface area contributed by atoms with Crippen LogP contribution >= 0.6 is 35.7 Å². The summed E-state index contributed by atoms with van der Waals surface area (Å²) in [4.78, 5) is 11.3. The second kappa shape index (κ2) is 10.3. The highest BCUT2D eigenvalue weighted by Gasteiger charge is 2.28. The second-order valence-electron chi connectivity index (χ2n) is 7.11. The maximum Gasteiger partial charge on any atom is 0.194 e. The van der Waals surface area contributed by atoms with Crippen LogP contribution in [0.1, 0.15) is 31.9 Å². The molecule has 1 saturated heterocycles. The van der Waals surface area contributed by atoms with Crippen molar-refractivity contribution >= 4 is 41.7 Å². The molecule has 1 aromatic carbocycles. The van der Waals surface area contributed by atoms with Crippen LogP contribution in [0.4, 0.5) is 0 Å². The Morgan fingerprint density at radius 1 is 1.33 bits per heavy atom. The SMILES string of the molecule is CCNC(=NCc1cccc(Cn2cncn2)c1)N1CCSC(C)(C)C1.I. The Morgan fingerprint density at radius 2 is 2.15 bits per heavy atom. The minimum Gasteiger partial charge on any atom is -0.357 e. The maximum atomic E-state index is 4.90. The minimum atomic E-state index is 0. The van der Waals surface area contributed by atoms with Crippen molar-refractivity contribution in [2.24, 2.45) is 4.99 Å². The molecule has 1 aromatic heterocycles. The van der Waals surface area contributed by atoms with Crippen LogP contribution in [0, 0.1) is 0 Å². The normalized spacial score (nSPS) is 16.7. The molecule has 148 valence electrons. The summed E-state index contributed by atoms with van der Waals surface area (Å²) in [5.74, 6) is 2.16. The van der Waals surface area contributed by atoms with Crippen LogP contribution < -0.4 is 5.32 Å². The molecule has 0 atom stereocenters. The van der Waals surface area contributed by atoms with E-state index in [2.05, 4.69) is 65.3 Å². The van der Waals surface area contributed by atoms with Crippen LogP contribution in [-0.2, 0) is 13.1 Å². The van der Waals surface area contributed by atoms with Crippen molar-refractivity contribution in [1.29, 1.82) is 0 Å². The molecule has 1 N–H and O–H groups in total. The smallest absolute Gasteiger partial charge is 0.194 e. The highest BCUT2D eigenvalue weighted by Crippen LogP contribution is 2.29. The summed E-state index contributed by atoms with van der Waals surface area (Å²) >= 11 is 2.04. The number of halogens is 1. The van der Waals surface area contributed by atoms with Crippen LogP contribution in [0.25, 0.3) is 0 Å². The molecule has 2 aromatic rings. The summed E-state index contributed by atoms with van der Waals surface area (Å²) < 4.78 is 2.10. The number of thioether (sulfide) groups is 1. The highest BCUT2D eigenvalue weighted by molar-refractivity contribution is 14.0. The molecule has 1 aliphatic heterocycles. The van der Waals surface area contributed by atoms with E-state index in [0.29, 0.717) is 6.54 Å². The van der Waals surface area contributed by atoms with E-state index in [1.54, 1.807) is 12.7 Å². The predicted molar refractivity (Wildman–Crippen MR) is 124 cm³/mol. The van der Waals surface area contributed by atoms with E-state index in [1.165, 1.54) is 11.1 Å². The number of guanidine groups is 1. The fraction of sp³-hybridized carbons (Fsp3) is 0.526. The third kappa shape index (κ3) is 6.67. The molecule has 1 fully saturated rings. The van der Waals surface area contributed by atoms with E-state index < -0.39 is 0 Å². The van der Waals surface area contributed by atoms with E-state index in [1.807, 2.05) is 16.4 Å². The molecular formula is C19H29IN6S. The van der Waals surface area contributed by atoms with Crippen LogP contribution in [0.2, 0.25) is 0 Å². The first-order chi connectivity index (χ1) is 12.6. The Bertz CT molecular complexity index is 732. The fourth-order valence-electron chi connectivity index (χ4n) is 3.12. The molecule has 0 bridgehead atoms. The molecule has 3 rings (SSSR count). The zero-order valence-corrected chi connectivity index (χ0v) is 19.4. The Labute approximate surface area is 183 Å². The van der Waals surface area contributed by atoms with Gasteiger partial charge in [-0.1, -0.05) is 24.3 Å². The Balaban J connectivity index is 0.00000261. The number of nitrogens with zero attached hydrogens (tertiary/aromatic N) is 5. The summed E-state index contributed by atoms with van der Waals surface area (Å²) in [6.45, 7) is 11.1. The first-order valence-corrected chi connectivity index (χ1v) is 10.1. The average Bonchev–Trinajstić information content (AvgIpc) is 3.11. The lowest BCUT2D eigenvalue weighted by molar-refractivity contribution is 0.376. The third-order valence-electron chi connectivity index (χ3n) is 4.27. The van der Waals surface area contributed by atoms with Crippen molar-refractivity contribution in [3.05, 3.63) is 48.0 Å². The van der Waals surface area contributed by atoms with Crippen molar-refractivity contribution in [2.45, 2.75) is 38.6 Å². The molecule has 8 heteroatoms. The monoisotopic (exact) mass is 500 g/mol. The molecule has 2 heterocycles. The van der Waals surface area contributed by atoms with Gasteiger partial charge < -0.3 is 10.2 Å². The summed E-state index contributed by atoms with van der Waals surface area (Å²) in [7, 11) is 0. The molecule has 0 spiro atoms. The molecule has 1 aliphatic rings. The number of aromatic nitrogens is 3. The van der Waals surface area contributed by atoms with Gasteiger partial charge in [-0.25, -0.2) is 14.7 Å². The first kappa shape index (κ1) is 22.0. The number of hydrogen-bond acceptors (Lipinski definition) is 4. The molecule has 27 heavy (non-hydrogen) atoms. The van der Waals surface area contributed by atoms with Crippen molar-refractivity contribution in [2.75, 3.05) is 25.4 Å². The van der Waals surface area contributed by atoms with Crippen LogP contribution in [-0.4, -0.2) is 55.8 Å². The van der Waals surface area contributed by atoms with Crippen molar-refractivity contribution in [3.8, 4) is 0 Å². The number of benzene rings is 1. The first-order valence-electron chi connectivity index (χ1n) is 9.13. The molecule has 6 nitrogen and oxygen atoms in total. The zero-order chi connectivity index (χ0) is 18.4. The quantitative estimate of drug-likeness (QED) is 0.388. The van der Waals surface area contributed by atoms with Gasteiger partial charge in [-0.05, 0) is 31.9 Å². The zero-order valence-electron chi connectivity index (χ0n) is 16.3. The van der Waals surface area contributed by atoms with Gasteiger partial charge >= 0.3 is 0 Å². The number of aliphatic imine (C=N–C) groups is 1. The lowest BCUT2D eigenvalue weighted by Crippen LogP contribution is -2.50. The fourth-order valence-corrected chi connectivity index (χ4v) is 4.23. The minimum absolute atomic E-state index is 0. The van der Waals surface area contributed by atoms with E-state index in [4.69, 9.17) is 4.99 Å². The van der Waals surface area contributed by atoms with Gasteiger partial charge in [-0.15, -0.1) is 24.0 Å². The lowest BCUT2D eigenvalue weighted by Gasteiger charge is -2.39. The van der Waals surface area contributed by atoms with Gasteiger partial charge in [-0.3, -0.25) is 0 Å². The van der Waals surface area contributed by atoms with Gasteiger partial charge in [0.25, 0.3) is 0 Å². The lowest BCUT2D eigenvalue weighted by atomic mass is 10.1. The van der Waals surface area contributed by atoms with Gasteiger partial charge in [0.1, 0.15) is 12.7 Å². The topological polar surface area (TPSA) is 58.3 Å². The van der Waals surface area contributed by atoms with E-state index in [9.17, 15) is 0 Å². The largest absolute Gasteiger partial charge is 0.357 e. The Kier molecular flexibility index (Phi) is 8.40. The van der Waals surface area contributed by atoms with E-state index in [0.717, 1.165) is 37.9 Å². The van der Waals surface area contributed by atoms with Crippen molar-refractivity contribution < 1.29 is 0 Å². The van der Waals surface area contributed by atoms with E-state index in [-0.39, 0.29) is 28.7 Å². The van der Waals surface area contributed by atoms with Crippen LogP contribution in [0.5, 0.6) is 0 Å². The van der Waals surface area contributed by atoms with Gasteiger partial charge in [-0.2, -0.15) is 16.9 Å². The van der Waals surface area contributed by atoms with Gasteiger partial charge in [0.2, 0.25) is 0 Å². The highest BCUT2D eigenvalue weighted by atomic mass is 127. The molecule has 0 amide bonds. The van der Waals surface area contributed by atoms with Gasteiger partial charge in [0, 0.05) is 30.1 Å². The summed E-state index contributed by atoms with van der Waals surface area (Å²) in [5.41, 5.74) is 2.42. The van der Waals surface area contributed by atoms with Gasteiger partial charge in [0.15, 0.2) is 5.96 Å². The Morgan fingerprint density at radius 3 is 2.85 bits per heavy atom. The standard InChI is InChI=1S/C19H28N6S.HI/c1-4-21-18(24-8-9-26-19(2,3)13-24)22-11-16-6-5-7-17(10-16)12-25-15-20-14-23-25;/h5-7,10,14-15H,4,8-9,11-13H2,1-3H3,(H,21,22);1H. The molecule has 0 unspecified atom stereocenters. The van der Waals surface area contributed by atoms with E-state index >= 15 is 0 Å². The van der Waals surface area contributed by atoms with Gasteiger partial charge in [0.05, 0.1) is 13.1 Å². The predicted octanol–water partition coefficient (Wildman–Crippen LogP) is 3.24. The van der Waals surface area contributed by atoms with Crippen LogP contribution in [0.3, 0.4) is 0 Å². The molecule has 0 saturated carbocycles. The third-order valence-corrected chi connectivity index (χ3v) is 5.57. The average molecular weight is 500 g/mol. The van der Waals surface area contributed by atoms with Crippen molar-refractivity contribution in [3.63, 3.8) is 0 Å². The summed E-state index contributed by atoms with van der Waals surface area (Å²) in [6.07, 6.45) is 3.31. The van der Waals surface area contributed by atoms with Crippen LogP contribution in [0.15, 0.2) is 41.9 Å². The summed E-state index contributed by atoms with van der Waals surface area (Å²) in [6, 6.07) is 8.54. The van der Waals surface area contributed by atoms with Crippen molar-refractivity contribution in [1.82, 2.24) is 25.0 Å². The molecule has 0 radical (unpaired) electrons. The Hall–Kier alpha value is -1.29. The molecular weight excluding hydrogens is 471 g/mol. The number of hydrogen-bond donors (Lipinski definition) is 1. The summed E-state index contributed by atoms with van der Waals surface area (Å²) in [5, 5.41) is 7.63. The molecule has 0 aliphatic carbocycles. The second-order valence-corrected chi connectivity index (χ2v) is 8.91. The maximum absolute atomic E-state index is 4.90. The number of rotatable bonds is 5. The number of nitrogens with one attached hydrogen (secondary N) is 1.